The highest BCUT2D eigenvalue weighted by atomic mass is 16.2. The summed E-state index contributed by atoms with van der Waals surface area (Å²) in [7, 11) is 0. The molecule has 0 unspecified atom stereocenters. The lowest BCUT2D eigenvalue weighted by Crippen LogP contribution is -2.26. The number of amides is 1. The van der Waals surface area contributed by atoms with Crippen molar-refractivity contribution in [2.45, 2.75) is 19.3 Å². The second kappa shape index (κ2) is 4.52. The normalized spacial score (nSPS) is 15.5. The molecule has 0 saturated carbocycles. The largest absolute Gasteiger partial charge is 0.338 e. The predicted octanol–water partition coefficient (Wildman–Crippen LogP) is 3.25. The van der Waals surface area contributed by atoms with Gasteiger partial charge in [0.05, 0.1) is 16.4 Å². The van der Waals surface area contributed by atoms with E-state index in [1.54, 1.807) is 12.4 Å². The number of H-pyrrole nitrogens is 1. The van der Waals surface area contributed by atoms with E-state index in [9.17, 15) is 4.79 Å². The molecule has 3 aromatic rings. The lowest BCUT2D eigenvalue weighted by atomic mass is 9.86. The van der Waals surface area contributed by atoms with Crippen LogP contribution in [-0.4, -0.2) is 20.9 Å². The van der Waals surface area contributed by atoms with Crippen LogP contribution in [0, 0.1) is 0 Å². The minimum absolute atomic E-state index is 0.0153. The molecule has 0 spiro atoms. The van der Waals surface area contributed by atoms with Crippen molar-refractivity contribution in [3.05, 3.63) is 60.2 Å². The molecule has 0 aliphatic carbocycles. The van der Waals surface area contributed by atoms with Crippen LogP contribution in [0.4, 0.5) is 5.69 Å². The van der Waals surface area contributed by atoms with E-state index in [1.807, 2.05) is 38.1 Å². The van der Waals surface area contributed by atoms with Crippen LogP contribution in [0.15, 0.2) is 43.2 Å². The quantitative estimate of drug-likeness (QED) is 0.763. The number of aromatic nitrogens is 3. The van der Waals surface area contributed by atoms with E-state index in [0.29, 0.717) is 0 Å². The number of benzene rings is 1. The zero-order valence-electron chi connectivity index (χ0n) is 13.0. The van der Waals surface area contributed by atoms with Crippen molar-refractivity contribution in [2.24, 2.45) is 0 Å². The number of hydrogen-bond acceptors (Lipinski definition) is 3. The van der Waals surface area contributed by atoms with E-state index < -0.39 is 5.41 Å². The third-order valence-electron chi connectivity index (χ3n) is 4.43. The molecule has 0 fully saturated rings. The summed E-state index contributed by atoms with van der Waals surface area (Å²) in [6.45, 7) is 7.97. The van der Waals surface area contributed by atoms with Crippen molar-refractivity contribution in [1.82, 2.24) is 15.0 Å². The number of aromatic amines is 1. The molecule has 4 rings (SSSR count). The van der Waals surface area contributed by atoms with Gasteiger partial charge in [0.25, 0.3) is 0 Å². The maximum absolute atomic E-state index is 12.1. The van der Waals surface area contributed by atoms with E-state index in [2.05, 4.69) is 26.8 Å². The topological polar surface area (TPSA) is 70.7 Å². The molecular weight excluding hydrogens is 288 g/mol. The number of pyridine rings is 1. The first-order valence-corrected chi connectivity index (χ1v) is 7.42. The van der Waals surface area contributed by atoms with Crippen molar-refractivity contribution in [1.29, 1.82) is 0 Å². The third kappa shape index (κ3) is 1.97. The van der Waals surface area contributed by atoms with Gasteiger partial charge in [-0.15, -0.1) is 0 Å². The second-order valence-corrected chi connectivity index (χ2v) is 6.29. The van der Waals surface area contributed by atoms with Gasteiger partial charge in [0.15, 0.2) is 0 Å². The number of carbonyl (C=O) groups is 1. The molecule has 2 N–H and O–H groups in total. The highest BCUT2D eigenvalue weighted by Gasteiger charge is 2.38. The van der Waals surface area contributed by atoms with Crippen molar-refractivity contribution in [3.8, 4) is 0 Å². The van der Waals surface area contributed by atoms with Crippen LogP contribution in [0.25, 0.3) is 16.6 Å². The molecule has 2 aromatic heterocycles. The first-order chi connectivity index (χ1) is 11.0. The highest BCUT2D eigenvalue weighted by Crippen LogP contribution is 2.39. The Morgan fingerprint density at radius 1 is 1.22 bits per heavy atom. The van der Waals surface area contributed by atoms with Crippen LogP contribution in [0.3, 0.4) is 0 Å². The summed E-state index contributed by atoms with van der Waals surface area (Å²) in [5.74, 6) is 0.737. The Morgan fingerprint density at radius 3 is 2.70 bits per heavy atom. The molecule has 5 nitrogen and oxygen atoms in total. The Kier molecular flexibility index (Phi) is 2.69. The van der Waals surface area contributed by atoms with Crippen LogP contribution in [0.2, 0.25) is 0 Å². The summed E-state index contributed by atoms with van der Waals surface area (Å²) in [6.07, 6.45) is 3.46. The number of nitrogens with one attached hydrogen (secondary N) is 2. The molecule has 0 radical (unpaired) electrons. The average molecular weight is 304 g/mol. The van der Waals surface area contributed by atoms with Crippen molar-refractivity contribution in [2.75, 3.05) is 5.32 Å². The molecule has 1 aromatic carbocycles. The van der Waals surface area contributed by atoms with Gasteiger partial charge in [-0.2, -0.15) is 0 Å². The van der Waals surface area contributed by atoms with E-state index in [4.69, 9.17) is 0 Å². The van der Waals surface area contributed by atoms with Crippen LogP contribution in [0.5, 0.6) is 0 Å². The maximum atomic E-state index is 12.1. The zero-order valence-corrected chi connectivity index (χ0v) is 13.0. The van der Waals surface area contributed by atoms with Gasteiger partial charge >= 0.3 is 0 Å². The van der Waals surface area contributed by atoms with Gasteiger partial charge in [0, 0.05) is 23.7 Å². The fourth-order valence-corrected chi connectivity index (χ4v) is 2.91. The number of anilines is 1. The summed E-state index contributed by atoms with van der Waals surface area (Å²) >= 11 is 0. The van der Waals surface area contributed by atoms with Gasteiger partial charge in [0.1, 0.15) is 5.82 Å². The Hall–Kier alpha value is -2.95. The maximum Gasteiger partial charge on any atom is 0.234 e. The summed E-state index contributed by atoms with van der Waals surface area (Å²) < 4.78 is 0. The predicted molar refractivity (Wildman–Crippen MR) is 90.1 cm³/mol. The molecule has 0 saturated heterocycles. The minimum Gasteiger partial charge on any atom is -0.338 e. The van der Waals surface area contributed by atoms with Crippen LogP contribution in [-0.2, 0) is 10.2 Å². The van der Waals surface area contributed by atoms with Gasteiger partial charge in [-0.1, -0.05) is 6.58 Å². The number of fused-ring (bicyclic) bond motifs is 2. The van der Waals surface area contributed by atoms with Gasteiger partial charge < -0.3 is 10.3 Å². The van der Waals surface area contributed by atoms with Crippen LogP contribution >= 0.6 is 0 Å². The summed E-state index contributed by atoms with van der Waals surface area (Å²) in [6, 6.07) is 7.72. The van der Waals surface area contributed by atoms with E-state index in [1.165, 1.54) is 0 Å². The molecule has 114 valence electrons. The number of nitrogens with zero attached hydrogens (tertiary/aromatic N) is 2. The summed E-state index contributed by atoms with van der Waals surface area (Å²) in [4.78, 5) is 24.0. The highest BCUT2D eigenvalue weighted by molar-refractivity contribution is 6.07. The van der Waals surface area contributed by atoms with Gasteiger partial charge in [-0.3, -0.25) is 9.78 Å². The molecule has 5 heteroatoms. The lowest BCUT2D eigenvalue weighted by Gasteiger charge is -2.14. The Morgan fingerprint density at radius 2 is 1.96 bits per heavy atom. The fraction of sp³-hybridized carbons (Fsp3) is 0.167. The Labute approximate surface area is 133 Å². The molecular formula is C18H16N4O. The third-order valence-corrected chi connectivity index (χ3v) is 4.43. The van der Waals surface area contributed by atoms with E-state index in [-0.39, 0.29) is 5.91 Å². The van der Waals surface area contributed by atoms with Crippen LogP contribution < -0.4 is 5.32 Å². The monoisotopic (exact) mass is 304 g/mol. The SMILES string of the molecule is C=C(c1ccncc1)c1nc2cc3c(cc2[nH]1)C(C)(C)C(=O)N3. The smallest absolute Gasteiger partial charge is 0.234 e. The van der Waals surface area contributed by atoms with Crippen molar-refractivity contribution >= 4 is 28.2 Å². The van der Waals surface area contributed by atoms with Crippen molar-refractivity contribution in [3.63, 3.8) is 0 Å². The van der Waals surface area contributed by atoms with Crippen LogP contribution in [0.1, 0.15) is 30.8 Å². The van der Waals surface area contributed by atoms with Gasteiger partial charge in [-0.05, 0) is 49.2 Å². The average Bonchev–Trinajstić information content (AvgIpc) is 3.05. The standard InChI is InChI=1S/C18H16N4O/c1-10(11-4-6-19-7-5-11)16-20-14-8-12-13(9-15(14)21-16)22-17(23)18(12,2)3/h4-9H,1H2,2-3H3,(H,20,21)(H,22,23). The molecule has 1 aliphatic heterocycles. The first-order valence-electron chi connectivity index (χ1n) is 7.42. The lowest BCUT2D eigenvalue weighted by molar-refractivity contribution is -0.119. The Bertz CT molecular complexity index is 954. The van der Waals surface area contributed by atoms with E-state index >= 15 is 0 Å². The molecule has 1 aliphatic rings. The van der Waals surface area contributed by atoms with Gasteiger partial charge in [-0.25, -0.2) is 4.98 Å². The molecule has 0 bridgehead atoms. The minimum atomic E-state index is -0.531. The fourth-order valence-electron chi connectivity index (χ4n) is 2.91. The zero-order chi connectivity index (χ0) is 16.2. The van der Waals surface area contributed by atoms with Gasteiger partial charge in [0.2, 0.25) is 5.91 Å². The number of hydrogen-bond donors (Lipinski definition) is 2. The molecule has 1 amide bonds. The first kappa shape index (κ1) is 13.7. The number of imidazole rings is 1. The molecule has 3 heterocycles. The molecule has 23 heavy (non-hydrogen) atoms. The summed E-state index contributed by atoms with van der Waals surface area (Å²) in [5, 5.41) is 2.93. The van der Waals surface area contributed by atoms with Crippen molar-refractivity contribution < 1.29 is 4.79 Å². The Balaban J connectivity index is 1.82. The summed E-state index contributed by atoms with van der Waals surface area (Å²) in [5.41, 5.74) is 4.79. The molecule has 0 atom stereocenters. The second-order valence-electron chi connectivity index (χ2n) is 6.29. The number of rotatable bonds is 2. The van der Waals surface area contributed by atoms with E-state index in [0.717, 1.165) is 39.2 Å². The number of carbonyl (C=O) groups excluding carboxylic acids is 1.